The number of sulfonamides is 1. The number of pyridine rings is 1. The SMILES string of the molecule is CC(C)c1cccc(NS(=O)(=O)c2cnc(Cl)c(Cl)c2)c1. The second-order valence-electron chi connectivity index (χ2n) is 4.83. The molecule has 0 saturated heterocycles. The molecule has 2 aromatic rings. The van der Waals surface area contributed by atoms with E-state index in [0.717, 1.165) is 5.56 Å². The Labute approximate surface area is 134 Å². The van der Waals surface area contributed by atoms with Crippen molar-refractivity contribution >= 4 is 38.9 Å². The van der Waals surface area contributed by atoms with Gasteiger partial charge in [-0.3, -0.25) is 4.72 Å². The van der Waals surface area contributed by atoms with Crippen LogP contribution in [0, 0.1) is 0 Å². The third-order valence-corrected chi connectivity index (χ3v) is 4.92. The second kappa shape index (κ2) is 6.22. The van der Waals surface area contributed by atoms with Gasteiger partial charge in [-0.05, 0) is 29.7 Å². The quantitative estimate of drug-likeness (QED) is 0.840. The van der Waals surface area contributed by atoms with Gasteiger partial charge in [0.2, 0.25) is 0 Å². The number of hydrogen-bond acceptors (Lipinski definition) is 3. The predicted octanol–water partition coefficient (Wildman–Crippen LogP) is 4.31. The summed E-state index contributed by atoms with van der Waals surface area (Å²) in [6.07, 6.45) is 1.17. The molecular weight excluding hydrogens is 331 g/mol. The van der Waals surface area contributed by atoms with Crippen molar-refractivity contribution in [1.29, 1.82) is 0 Å². The first-order valence-corrected chi connectivity index (χ1v) is 8.47. The molecule has 0 unspecified atom stereocenters. The molecular formula is C14H14Cl2N2O2S. The minimum atomic E-state index is -3.75. The fraction of sp³-hybridized carbons (Fsp3) is 0.214. The molecule has 0 spiro atoms. The van der Waals surface area contributed by atoms with Gasteiger partial charge in [-0.1, -0.05) is 49.2 Å². The zero-order valence-electron chi connectivity index (χ0n) is 11.5. The molecule has 0 saturated carbocycles. The van der Waals surface area contributed by atoms with E-state index in [9.17, 15) is 8.42 Å². The normalized spacial score (nSPS) is 11.7. The Morgan fingerprint density at radius 1 is 1.19 bits per heavy atom. The van der Waals surface area contributed by atoms with E-state index in [-0.39, 0.29) is 15.1 Å². The first-order valence-electron chi connectivity index (χ1n) is 6.23. The van der Waals surface area contributed by atoms with Crippen molar-refractivity contribution in [3.8, 4) is 0 Å². The summed E-state index contributed by atoms with van der Waals surface area (Å²) >= 11 is 11.5. The topological polar surface area (TPSA) is 59.1 Å². The minimum Gasteiger partial charge on any atom is -0.280 e. The Balaban J connectivity index is 2.33. The molecule has 2 rings (SSSR count). The maximum atomic E-state index is 12.3. The highest BCUT2D eigenvalue weighted by molar-refractivity contribution is 7.92. The van der Waals surface area contributed by atoms with Crippen LogP contribution in [-0.2, 0) is 10.0 Å². The van der Waals surface area contributed by atoms with Gasteiger partial charge in [-0.2, -0.15) is 0 Å². The Hall–Kier alpha value is -1.30. The van der Waals surface area contributed by atoms with E-state index in [1.807, 2.05) is 19.9 Å². The molecule has 0 amide bonds. The van der Waals surface area contributed by atoms with Crippen molar-refractivity contribution in [1.82, 2.24) is 4.98 Å². The number of aromatic nitrogens is 1. The highest BCUT2D eigenvalue weighted by atomic mass is 35.5. The molecule has 0 bridgehead atoms. The van der Waals surface area contributed by atoms with E-state index >= 15 is 0 Å². The number of nitrogens with zero attached hydrogens (tertiary/aromatic N) is 1. The lowest BCUT2D eigenvalue weighted by atomic mass is 10.0. The summed E-state index contributed by atoms with van der Waals surface area (Å²) in [7, 11) is -3.75. The van der Waals surface area contributed by atoms with Gasteiger partial charge in [0.1, 0.15) is 10.0 Å². The van der Waals surface area contributed by atoms with Crippen molar-refractivity contribution < 1.29 is 8.42 Å². The van der Waals surface area contributed by atoms with E-state index in [1.165, 1.54) is 12.3 Å². The number of rotatable bonds is 4. The smallest absolute Gasteiger partial charge is 0.263 e. The Morgan fingerprint density at radius 3 is 2.52 bits per heavy atom. The Kier molecular flexibility index (Phi) is 4.76. The van der Waals surface area contributed by atoms with E-state index in [0.29, 0.717) is 11.6 Å². The fourth-order valence-corrected chi connectivity index (χ4v) is 3.08. The van der Waals surface area contributed by atoms with Gasteiger partial charge in [0.15, 0.2) is 0 Å². The maximum Gasteiger partial charge on any atom is 0.263 e. The van der Waals surface area contributed by atoms with Crippen LogP contribution in [0.25, 0.3) is 0 Å². The zero-order chi connectivity index (χ0) is 15.6. The molecule has 1 aromatic heterocycles. The number of hydrogen-bond donors (Lipinski definition) is 1. The minimum absolute atomic E-state index is 0.0353. The molecule has 1 heterocycles. The standard InChI is InChI=1S/C14H14Cl2N2O2S/c1-9(2)10-4-3-5-11(6-10)18-21(19,20)12-7-13(15)14(16)17-8-12/h3-9,18H,1-2H3. The first kappa shape index (κ1) is 16.1. The van der Waals surface area contributed by atoms with Crippen LogP contribution in [0.15, 0.2) is 41.4 Å². The van der Waals surface area contributed by atoms with E-state index < -0.39 is 10.0 Å². The van der Waals surface area contributed by atoms with E-state index in [4.69, 9.17) is 23.2 Å². The van der Waals surface area contributed by atoms with Crippen LogP contribution in [0.3, 0.4) is 0 Å². The molecule has 0 aliphatic carbocycles. The molecule has 0 aliphatic heterocycles. The summed E-state index contributed by atoms with van der Waals surface area (Å²) in [5, 5.41) is 0.160. The van der Waals surface area contributed by atoms with E-state index in [2.05, 4.69) is 9.71 Å². The van der Waals surface area contributed by atoms with Crippen LogP contribution in [0.1, 0.15) is 25.3 Å². The van der Waals surface area contributed by atoms with Crippen molar-refractivity contribution in [3.63, 3.8) is 0 Å². The molecule has 112 valence electrons. The molecule has 1 N–H and O–H groups in total. The summed E-state index contributed by atoms with van der Waals surface area (Å²) < 4.78 is 27.1. The highest BCUT2D eigenvalue weighted by Crippen LogP contribution is 2.25. The third kappa shape index (κ3) is 3.87. The average Bonchev–Trinajstić information content (AvgIpc) is 2.41. The third-order valence-electron chi connectivity index (χ3n) is 2.89. The highest BCUT2D eigenvalue weighted by Gasteiger charge is 2.16. The molecule has 0 atom stereocenters. The summed E-state index contributed by atoms with van der Waals surface area (Å²) in [5.74, 6) is 0.307. The van der Waals surface area contributed by atoms with Crippen molar-refractivity contribution in [3.05, 3.63) is 52.3 Å². The fourth-order valence-electron chi connectivity index (χ4n) is 1.73. The Bertz CT molecular complexity index is 761. The largest absolute Gasteiger partial charge is 0.280 e. The van der Waals surface area contributed by atoms with Gasteiger partial charge in [0.05, 0.1) is 5.02 Å². The zero-order valence-corrected chi connectivity index (χ0v) is 13.8. The summed E-state index contributed by atoms with van der Waals surface area (Å²) in [4.78, 5) is 3.71. The van der Waals surface area contributed by atoms with Gasteiger partial charge in [0, 0.05) is 11.9 Å². The molecule has 7 heteroatoms. The van der Waals surface area contributed by atoms with E-state index in [1.54, 1.807) is 18.2 Å². The summed E-state index contributed by atoms with van der Waals surface area (Å²) in [6.45, 7) is 4.08. The monoisotopic (exact) mass is 344 g/mol. The van der Waals surface area contributed by atoms with Crippen LogP contribution >= 0.6 is 23.2 Å². The van der Waals surface area contributed by atoms with Crippen LogP contribution in [0.5, 0.6) is 0 Å². The molecule has 0 radical (unpaired) electrons. The van der Waals surface area contributed by atoms with Crippen LogP contribution in [-0.4, -0.2) is 13.4 Å². The van der Waals surface area contributed by atoms with Gasteiger partial charge in [-0.15, -0.1) is 0 Å². The van der Waals surface area contributed by atoms with Crippen molar-refractivity contribution in [2.24, 2.45) is 0 Å². The van der Waals surface area contributed by atoms with Crippen molar-refractivity contribution in [2.45, 2.75) is 24.7 Å². The number of benzene rings is 1. The van der Waals surface area contributed by atoms with Crippen LogP contribution in [0.2, 0.25) is 10.2 Å². The van der Waals surface area contributed by atoms with Crippen molar-refractivity contribution in [2.75, 3.05) is 4.72 Å². The van der Waals surface area contributed by atoms with Crippen LogP contribution in [0.4, 0.5) is 5.69 Å². The number of anilines is 1. The number of nitrogens with one attached hydrogen (secondary N) is 1. The molecule has 0 fully saturated rings. The van der Waals surface area contributed by atoms with Gasteiger partial charge in [-0.25, -0.2) is 13.4 Å². The lowest BCUT2D eigenvalue weighted by Crippen LogP contribution is -2.13. The van der Waals surface area contributed by atoms with Gasteiger partial charge in [0.25, 0.3) is 10.0 Å². The first-order chi connectivity index (χ1) is 9.79. The number of halogens is 2. The van der Waals surface area contributed by atoms with Gasteiger partial charge >= 0.3 is 0 Å². The average molecular weight is 345 g/mol. The molecule has 4 nitrogen and oxygen atoms in total. The second-order valence-corrected chi connectivity index (χ2v) is 7.28. The lowest BCUT2D eigenvalue weighted by Gasteiger charge is -2.11. The lowest BCUT2D eigenvalue weighted by molar-refractivity contribution is 0.601. The summed E-state index contributed by atoms with van der Waals surface area (Å²) in [5.41, 5.74) is 1.54. The molecule has 0 aliphatic rings. The van der Waals surface area contributed by atoms with Crippen LogP contribution < -0.4 is 4.72 Å². The Morgan fingerprint density at radius 2 is 1.90 bits per heavy atom. The van der Waals surface area contributed by atoms with Gasteiger partial charge < -0.3 is 0 Å². The summed E-state index contributed by atoms with van der Waals surface area (Å²) in [6, 6.07) is 8.51. The molecule has 1 aromatic carbocycles. The predicted molar refractivity (Wildman–Crippen MR) is 85.6 cm³/mol. The molecule has 21 heavy (non-hydrogen) atoms. The maximum absolute atomic E-state index is 12.3.